The number of ether oxygens (including phenoxy) is 1. The number of hydrogen-bond donors (Lipinski definition) is 0. The number of fused-ring (bicyclic) bond motifs is 2. The number of benzene rings is 2. The second-order valence-corrected chi connectivity index (χ2v) is 7.81. The van der Waals surface area contributed by atoms with Crippen LogP contribution in [-0.4, -0.2) is 37.3 Å². The SMILES string of the molecule is Cn1cc2cc(-n3cc4ncc(OCC(F)F)nc4c(-c4ccc(Cl)cc4)c3=O)ccc2n1. The number of nitrogens with zero attached hydrogens (tertiary/aromatic N) is 5. The van der Waals surface area contributed by atoms with E-state index >= 15 is 0 Å². The van der Waals surface area contributed by atoms with Gasteiger partial charge >= 0.3 is 0 Å². The van der Waals surface area contributed by atoms with E-state index in [0.717, 1.165) is 10.9 Å². The standard InChI is InChI=1S/C23H16ClF2N5O2/c1-30-10-14-8-16(6-7-17(14)29-30)31-11-18-22(28-20(9-27-18)33-12-19(25)26)21(23(31)32)13-2-4-15(24)5-3-13/h2-11,19H,12H2,1H3. The predicted octanol–water partition coefficient (Wildman–Crippen LogP) is 4.63. The lowest BCUT2D eigenvalue weighted by molar-refractivity contribution is 0.0796. The van der Waals surface area contributed by atoms with Crippen LogP contribution in [0, 0.1) is 0 Å². The summed E-state index contributed by atoms with van der Waals surface area (Å²) in [5.41, 5.74) is 2.53. The molecular weight excluding hydrogens is 452 g/mol. The van der Waals surface area contributed by atoms with Crippen LogP contribution in [0.2, 0.25) is 5.02 Å². The summed E-state index contributed by atoms with van der Waals surface area (Å²) in [5.74, 6) is -0.0908. The Morgan fingerprint density at radius 1 is 1.09 bits per heavy atom. The monoisotopic (exact) mass is 467 g/mol. The Labute approximate surface area is 190 Å². The Morgan fingerprint density at radius 2 is 1.88 bits per heavy atom. The highest BCUT2D eigenvalue weighted by molar-refractivity contribution is 6.30. The molecule has 7 nitrogen and oxygen atoms in total. The van der Waals surface area contributed by atoms with Crippen molar-refractivity contribution in [2.24, 2.45) is 7.05 Å². The smallest absolute Gasteiger partial charge is 0.272 e. The van der Waals surface area contributed by atoms with E-state index in [0.29, 0.717) is 21.8 Å². The average Bonchev–Trinajstić information content (AvgIpc) is 3.17. The number of alkyl halides is 2. The Kier molecular flexibility index (Phi) is 5.26. The molecule has 0 fully saturated rings. The van der Waals surface area contributed by atoms with E-state index in [1.54, 1.807) is 41.2 Å². The first-order chi connectivity index (χ1) is 15.9. The van der Waals surface area contributed by atoms with Gasteiger partial charge in [0.15, 0.2) is 6.61 Å². The van der Waals surface area contributed by atoms with Crippen LogP contribution in [0.3, 0.4) is 0 Å². The highest BCUT2D eigenvalue weighted by Gasteiger charge is 2.17. The molecule has 5 aromatic rings. The molecule has 2 aromatic carbocycles. The lowest BCUT2D eigenvalue weighted by atomic mass is 10.1. The minimum Gasteiger partial charge on any atom is -0.470 e. The maximum absolute atomic E-state index is 13.7. The molecule has 33 heavy (non-hydrogen) atoms. The van der Waals surface area contributed by atoms with Crippen LogP contribution in [0.4, 0.5) is 8.78 Å². The fraction of sp³-hybridized carbons (Fsp3) is 0.130. The molecule has 0 saturated carbocycles. The zero-order valence-electron chi connectivity index (χ0n) is 17.2. The van der Waals surface area contributed by atoms with Gasteiger partial charge in [-0.05, 0) is 35.9 Å². The first-order valence-corrected chi connectivity index (χ1v) is 10.3. The first-order valence-electron chi connectivity index (χ1n) is 9.92. The molecule has 0 amide bonds. The summed E-state index contributed by atoms with van der Waals surface area (Å²) in [4.78, 5) is 22.3. The number of aromatic nitrogens is 5. The van der Waals surface area contributed by atoms with E-state index in [4.69, 9.17) is 16.3 Å². The van der Waals surface area contributed by atoms with E-state index in [-0.39, 0.29) is 22.5 Å². The Balaban J connectivity index is 1.75. The van der Waals surface area contributed by atoms with Crippen LogP contribution in [0.1, 0.15) is 0 Å². The summed E-state index contributed by atoms with van der Waals surface area (Å²) in [7, 11) is 1.82. The third-order valence-corrected chi connectivity index (χ3v) is 5.32. The van der Waals surface area contributed by atoms with Crippen molar-refractivity contribution in [2.75, 3.05) is 6.61 Å². The molecule has 0 bridgehead atoms. The summed E-state index contributed by atoms with van der Waals surface area (Å²) in [5, 5.41) is 5.74. The molecule has 0 radical (unpaired) electrons. The topological polar surface area (TPSA) is 74.8 Å². The van der Waals surface area contributed by atoms with Crippen LogP contribution in [0.5, 0.6) is 5.88 Å². The minimum absolute atomic E-state index is 0.0908. The van der Waals surface area contributed by atoms with E-state index in [1.165, 1.54) is 10.8 Å². The van der Waals surface area contributed by atoms with Crippen molar-refractivity contribution in [3.8, 4) is 22.7 Å². The van der Waals surface area contributed by atoms with Crippen molar-refractivity contribution >= 4 is 33.5 Å². The zero-order valence-corrected chi connectivity index (χ0v) is 18.0. The molecule has 3 heterocycles. The quantitative estimate of drug-likeness (QED) is 0.376. The molecule has 10 heteroatoms. The summed E-state index contributed by atoms with van der Waals surface area (Å²) in [6.45, 7) is -0.821. The second-order valence-electron chi connectivity index (χ2n) is 7.38. The summed E-state index contributed by atoms with van der Waals surface area (Å²) >= 11 is 6.03. The fourth-order valence-electron chi connectivity index (χ4n) is 3.64. The largest absolute Gasteiger partial charge is 0.470 e. The van der Waals surface area contributed by atoms with Crippen molar-refractivity contribution in [1.29, 1.82) is 0 Å². The Hall–Kier alpha value is -3.85. The van der Waals surface area contributed by atoms with E-state index in [2.05, 4.69) is 15.1 Å². The highest BCUT2D eigenvalue weighted by atomic mass is 35.5. The number of aryl methyl sites for hydroxylation is 1. The lowest BCUT2D eigenvalue weighted by Gasteiger charge is -2.13. The van der Waals surface area contributed by atoms with E-state index in [1.807, 2.05) is 25.4 Å². The molecule has 5 rings (SSSR count). The summed E-state index contributed by atoms with van der Waals surface area (Å²) in [6, 6.07) is 12.2. The average molecular weight is 468 g/mol. The summed E-state index contributed by atoms with van der Waals surface area (Å²) in [6.07, 6.45) is 2.03. The predicted molar refractivity (Wildman–Crippen MR) is 121 cm³/mol. The number of pyridine rings is 1. The van der Waals surface area contributed by atoms with Gasteiger partial charge in [-0.1, -0.05) is 23.7 Å². The van der Waals surface area contributed by atoms with Gasteiger partial charge in [-0.3, -0.25) is 14.0 Å². The highest BCUT2D eigenvalue weighted by Crippen LogP contribution is 2.27. The third kappa shape index (κ3) is 4.03. The molecule has 0 N–H and O–H groups in total. The maximum Gasteiger partial charge on any atom is 0.272 e. The van der Waals surface area contributed by atoms with Gasteiger partial charge in [-0.25, -0.2) is 18.7 Å². The van der Waals surface area contributed by atoms with Crippen LogP contribution in [-0.2, 0) is 7.05 Å². The van der Waals surface area contributed by atoms with Gasteiger partial charge in [0.25, 0.3) is 12.0 Å². The molecule has 0 aliphatic carbocycles. The van der Waals surface area contributed by atoms with Gasteiger partial charge in [-0.15, -0.1) is 0 Å². The molecule has 0 atom stereocenters. The van der Waals surface area contributed by atoms with Gasteiger partial charge in [-0.2, -0.15) is 5.10 Å². The number of hydrogen-bond acceptors (Lipinski definition) is 5. The fourth-order valence-corrected chi connectivity index (χ4v) is 3.76. The molecule has 166 valence electrons. The van der Waals surface area contributed by atoms with Gasteiger partial charge in [0.2, 0.25) is 5.88 Å². The maximum atomic E-state index is 13.7. The van der Waals surface area contributed by atoms with Gasteiger partial charge in [0.1, 0.15) is 11.0 Å². The van der Waals surface area contributed by atoms with Crippen LogP contribution >= 0.6 is 11.6 Å². The molecule has 0 aliphatic heterocycles. The van der Waals surface area contributed by atoms with E-state index < -0.39 is 13.0 Å². The van der Waals surface area contributed by atoms with Crippen molar-refractivity contribution in [3.63, 3.8) is 0 Å². The van der Waals surface area contributed by atoms with Crippen LogP contribution in [0.25, 0.3) is 38.8 Å². The number of halogens is 3. The van der Waals surface area contributed by atoms with Gasteiger partial charge in [0, 0.05) is 35.5 Å². The van der Waals surface area contributed by atoms with Gasteiger partial charge < -0.3 is 4.74 Å². The Morgan fingerprint density at radius 3 is 2.64 bits per heavy atom. The first kappa shape index (κ1) is 21.0. The number of rotatable bonds is 5. The molecule has 0 saturated heterocycles. The molecule has 0 unspecified atom stereocenters. The normalized spacial score (nSPS) is 11.5. The lowest BCUT2D eigenvalue weighted by Crippen LogP contribution is -2.21. The molecule has 0 spiro atoms. The van der Waals surface area contributed by atoms with Crippen LogP contribution in [0.15, 0.2) is 65.8 Å². The van der Waals surface area contributed by atoms with Gasteiger partial charge in [0.05, 0.1) is 17.3 Å². The van der Waals surface area contributed by atoms with Crippen molar-refractivity contribution in [2.45, 2.75) is 6.43 Å². The molecule has 3 aromatic heterocycles. The van der Waals surface area contributed by atoms with E-state index in [9.17, 15) is 13.6 Å². The minimum atomic E-state index is -2.66. The Bertz CT molecular complexity index is 1550. The van der Waals surface area contributed by atoms with Crippen molar-refractivity contribution < 1.29 is 13.5 Å². The van der Waals surface area contributed by atoms with Crippen molar-refractivity contribution in [1.82, 2.24) is 24.3 Å². The second kappa shape index (κ2) is 8.25. The third-order valence-electron chi connectivity index (χ3n) is 5.07. The molecule has 0 aliphatic rings. The van der Waals surface area contributed by atoms with Crippen molar-refractivity contribution in [3.05, 3.63) is 76.4 Å². The summed E-state index contributed by atoms with van der Waals surface area (Å²) < 4.78 is 33.4. The van der Waals surface area contributed by atoms with Crippen LogP contribution < -0.4 is 10.3 Å². The zero-order chi connectivity index (χ0) is 23.1. The molecular formula is C23H16ClF2N5O2.